The summed E-state index contributed by atoms with van der Waals surface area (Å²) in [6.45, 7) is 6.41. The van der Waals surface area contributed by atoms with Crippen molar-refractivity contribution in [2.75, 3.05) is 25.1 Å². The van der Waals surface area contributed by atoms with E-state index in [0.717, 1.165) is 29.6 Å². The van der Waals surface area contributed by atoms with Gasteiger partial charge in [0.15, 0.2) is 0 Å². The van der Waals surface area contributed by atoms with Gasteiger partial charge in [-0.05, 0) is 44.7 Å². The highest BCUT2D eigenvalue weighted by Gasteiger charge is 2.21. The van der Waals surface area contributed by atoms with Gasteiger partial charge in [-0.15, -0.1) is 0 Å². The smallest absolute Gasteiger partial charge is 0.142 e. The molecule has 0 spiro atoms. The second-order valence-corrected chi connectivity index (χ2v) is 4.35. The minimum Gasteiger partial charge on any atom is -0.494 e. The lowest BCUT2D eigenvalue weighted by molar-refractivity contribution is 0.332. The first-order chi connectivity index (χ1) is 8.33. The van der Waals surface area contributed by atoms with Crippen LogP contribution in [0.25, 0.3) is 0 Å². The van der Waals surface area contributed by atoms with Gasteiger partial charge in [-0.1, -0.05) is 0 Å². The second-order valence-electron chi connectivity index (χ2n) is 4.35. The molecule has 1 saturated carbocycles. The summed E-state index contributed by atoms with van der Waals surface area (Å²) >= 11 is 0. The van der Waals surface area contributed by atoms with Gasteiger partial charge in [-0.25, -0.2) is 0 Å². The fourth-order valence-corrected chi connectivity index (χ4v) is 1.76. The zero-order chi connectivity index (χ0) is 12.1. The van der Waals surface area contributed by atoms with Crippen molar-refractivity contribution in [1.29, 1.82) is 0 Å². The van der Waals surface area contributed by atoms with Gasteiger partial charge in [0.1, 0.15) is 11.5 Å². The summed E-state index contributed by atoms with van der Waals surface area (Å²) in [6.07, 6.45) is 2.70. The molecule has 0 atom stereocenters. The monoisotopic (exact) mass is 235 g/mol. The SMILES string of the molecule is CCOc1ccc(OCC)c(NCC2CC2)c1. The molecule has 1 aliphatic carbocycles. The van der Waals surface area contributed by atoms with Crippen molar-refractivity contribution in [2.24, 2.45) is 5.92 Å². The Morgan fingerprint density at radius 1 is 1.18 bits per heavy atom. The Balaban J connectivity index is 2.06. The standard InChI is InChI=1S/C14H21NO2/c1-3-16-12-7-8-14(17-4-2)13(9-12)15-10-11-5-6-11/h7-9,11,15H,3-6,10H2,1-2H3. The molecule has 1 N–H and O–H groups in total. The Morgan fingerprint density at radius 2 is 1.94 bits per heavy atom. The number of ether oxygens (including phenoxy) is 2. The van der Waals surface area contributed by atoms with Crippen LogP contribution in [-0.2, 0) is 0 Å². The van der Waals surface area contributed by atoms with Crippen LogP contribution >= 0.6 is 0 Å². The molecule has 0 aliphatic heterocycles. The molecule has 1 aromatic rings. The van der Waals surface area contributed by atoms with Gasteiger partial charge in [-0.3, -0.25) is 0 Å². The molecule has 0 bridgehead atoms. The zero-order valence-electron chi connectivity index (χ0n) is 10.7. The van der Waals surface area contributed by atoms with Crippen molar-refractivity contribution in [3.63, 3.8) is 0 Å². The Kier molecular flexibility index (Phi) is 4.13. The number of benzene rings is 1. The van der Waals surface area contributed by atoms with E-state index in [1.807, 2.05) is 32.0 Å². The predicted molar refractivity (Wildman–Crippen MR) is 70.0 cm³/mol. The zero-order valence-corrected chi connectivity index (χ0v) is 10.7. The first kappa shape index (κ1) is 12.1. The Morgan fingerprint density at radius 3 is 2.59 bits per heavy atom. The molecule has 0 aromatic heterocycles. The number of hydrogen-bond donors (Lipinski definition) is 1. The van der Waals surface area contributed by atoms with Crippen molar-refractivity contribution in [3.8, 4) is 11.5 Å². The maximum absolute atomic E-state index is 5.60. The summed E-state index contributed by atoms with van der Waals surface area (Å²) in [5.74, 6) is 2.66. The lowest BCUT2D eigenvalue weighted by Crippen LogP contribution is -2.06. The summed E-state index contributed by atoms with van der Waals surface area (Å²) in [5, 5.41) is 3.45. The van der Waals surface area contributed by atoms with E-state index in [4.69, 9.17) is 9.47 Å². The van der Waals surface area contributed by atoms with E-state index < -0.39 is 0 Å². The van der Waals surface area contributed by atoms with Crippen molar-refractivity contribution in [3.05, 3.63) is 18.2 Å². The fraction of sp³-hybridized carbons (Fsp3) is 0.571. The van der Waals surface area contributed by atoms with Crippen LogP contribution in [0.4, 0.5) is 5.69 Å². The van der Waals surface area contributed by atoms with Crippen molar-refractivity contribution < 1.29 is 9.47 Å². The average molecular weight is 235 g/mol. The summed E-state index contributed by atoms with van der Waals surface area (Å²) < 4.78 is 11.1. The lowest BCUT2D eigenvalue weighted by Gasteiger charge is -2.14. The molecule has 0 radical (unpaired) electrons. The first-order valence-electron chi connectivity index (χ1n) is 6.47. The number of anilines is 1. The highest BCUT2D eigenvalue weighted by molar-refractivity contribution is 5.59. The molecule has 3 heteroatoms. The predicted octanol–water partition coefficient (Wildman–Crippen LogP) is 3.31. The molecule has 0 unspecified atom stereocenters. The Hall–Kier alpha value is -1.38. The minimum absolute atomic E-state index is 0.687. The molecule has 0 heterocycles. The van der Waals surface area contributed by atoms with Crippen LogP contribution in [-0.4, -0.2) is 19.8 Å². The highest BCUT2D eigenvalue weighted by Crippen LogP contribution is 2.33. The number of hydrogen-bond acceptors (Lipinski definition) is 3. The molecular formula is C14H21NO2. The number of rotatable bonds is 7. The summed E-state index contributed by atoms with van der Waals surface area (Å²) in [6, 6.07) is 5.96. The van der Waals surface area contributed by atoms with Gasteiger partial charge in [0.05, 0.1) is 18.9 Å². The number of nitrogens with one attached hydrogen (secondary N) is 1. The summed E-state index contributed by atoms with van der Waals surface area (Å²) in [7, 11) is 0. The van der Waals surface area contributed by atoms with Gasteiger partial charge in [0.25, 0.3) is 0 Å². The quantitative estimate of drug-likeness (QED) is 0.786. The highest BCUT2D eigenvalue weighted by atomic mass is 16.5. The van der Waals surface area contributed by atoms with Crippen LogP contribution in [0.5, 0.6) is 11.5 Å². The van der Waals surface area contributed by atoms with Gasteiger partial charge in [0, 0.05) is 12.6 Å². The van der Waals surface area contributed by atoms with Crippen LogP contribution in [0.3, 0.4) is 0 Å². The first-order valence-corrected chi connectivity index (χ1v) is 6.47. The third-order valence-electron chi connectivity index (χ3n) is 2.84. The van der Waals surface area contributed by atoms with Gasteiger partial charge in [-0.2, -0.15) is 0 Å². The van der Waals surface area contributed by atoms with Gasteiger partial charge in [0.2, 0.25) is 0 Å². The van der Waals surface area contributed by atoms with Crippen LogP contribution in [0.2, 0.25) is 0 Å². The topological polar surface area (TPSA) is 30.5 Å². The molecule has 0 amide bonds. The molecule has 17 heavy (non-hydrogen) atoms. The average Bonchev–Trinajstić information content (AvgIpc) is 3.14. The normalized spacial score (nSPS) is 14.5. The van der Waals surface area contributed by atoms with E-state index in [0.29, 0.717) is 13.2 Å². The van der Waals surface area contributed by atoms with Crippen LogP contribution < -0.4 is 14.8 Å². The third-order valence-corrected chi connectivity index (χ3v) is 2.84. The van der Waals surface area contributed by atoms with E-state index in [2.05, 4.69) is 5.32 Å². The molecule has 0 saturated heterocycles. The van der Waals surface area contributed by atoms with E-state index in [1.165, 1.54) is 12.8 Å². The van der Waals surface area contributed by atoms with Crippen molar-refractivity contribution in [2.45, 2.75) is 26.7 Å². The lowest BCUT2D eigenvalue weighted by atomic mass is 10.2. The third kappa shape index (κ3) is 3.55. The largest absolute Gasteiger partial charge is 0.494 e. The molecule has 94 valence electrons. The second kappa shape index (κ2) is 5.80. The Bertz CT molecular complexity index is 361. The summed E-state index contributed by atoms with van der Waals surface area (Å²) in [4.78, 5) is 0. The maximum atomic E-state index is 5.60. The van der Waals surface area contributed by atoms with Crippen molar-refractivity contribution in [1.82, 2.24) is 0 Å². The minimum atomic E-state index is 0.687. The molecule has 1 aliphatic rings. The van der Waals surface area contributed by atoms with E-state index in [9.17, 15) is 0 Å². The van der Waals surface area contributed by atoms with Crippen LogP contribution in [0, 0.1) is 5.92 Å². The van der Waals surface area contributed by atoms with Crippen LogP contribution in [0.15, 0.2) is 18.2 Å². The Labute approximate surface area is 103 Å². The fourth-order valence-electron chi connectivity index (χ4n) is 1.76. The maximum Gasteiger partial charge on any atom is 0.142 e. The summed E-state index contributed by atoms with van der Waals surface area (Å²) in [5.41, 5.74) is 1.05. The van der Waals surface area contributed by atoms with Gasteiger partial charge < -0.3 is 14.8 Å². The van der Waals surface area contributed by atoms with Crippen LogP contribution in [0.1, 0.15) is 26.7 Å². The van der Waals surface area contributed by atoms with E-state index in [-0.39, 0.29) is 0 Å². The van der Waals surface area contributed by atoms with Gasteiger partial charge >= 0.3 is 0 Å². The molecule has 1 aromatic carbocycles. The molecular weight excluding hydrogens is 214 g/mol. The molecule has 1 fully saturated rings. The van der Waals surface area contributed by atoms with Crippen molar-refractivity contribution >= 4 is 5.69 Å². The van der Waals surface area contributed by atoms with E-state index >= 15 is 0 Å². The van der Waals surface area contributed by atoms with E-state index in [1.54, 1.807) is 0 Å². The molecule has 3 nitrogen and oxygen atoms in total. The molecule has 2 rings (SSSR count).